The first-order chi connectivity index (χ1) is 16.4. The van der Waals surface area contributed by atoms with Crippen LogP contribution in [-0.2, 0) is 0 Å². The standard InChI is InChI=1S/C24H16Cl3N3O3S/c1-32-22-9-14(5-8-21(22)33-23(31)15-3-2-4-16(25)10-15)12-28-30-24-29-20(13-34-24)18-7-6-17(26)11-19(18)27/h2-13H,1H3,(H,29,30)/b28-12+. The first kappa shape index (κ1) is 24.0. The number of carbonyl (C=O) groups excluding carboxylic acids is 1. The Kier molecular flexibility index (Phi) is 7.70. The van der Waals surface area contributed by atoms with Crippen molar-refractivity contribution in [1.82, 2.24) is 4.98 Å². The summed E-state index contributed by atoms with van der Waals surface area (Å²) in [5.41, 5.74) is 5.46. The number of nitrogens with zero attached hydrogens (tertiary/aromatic N) is 2. The highest BCUT2D eigenvalue weighted by Crippen LogP contribution is 2.32. The summed E-state index contributed by atoms with van der Waals surface area (Å²) >= 11 is 19.5. The van der Waals surface area contributed by atoms with Crippen molar-refractivity contribution < 1.29 is 14.3 Å². The summed E-state index contributed by atoms with van der Waals surface area (Å²) < 4.78 is 10.8. The largest absolute Gasteiger partial charge is 0.493 e. The molecule has 1 aromatic heterocycles. The van der Waals surface area contributed by atoms with E-state index in [4.69, 9.17) is 44.3 Å². The Bertz CT molecular complexity index is 1370. The molecule has 4 rings (SSSR count). The van der Waals surface area contributed by atoms with E-state index in [0.29, 0.717) is 31.5 Å². The van der Waals surface area contributed by atoms with Crippen molar-refractivity contribution in [3.8, 4) is 22.8 Å². The molecule has 34 heavy (non-hydrogen) atoms. The number of hydrazone groups is 1. The molecule has 0 aliphatic carbocycles. The molecule has 10 heteroatoms. The third-order valence-electron chi connectivity index (χ3n) is 4.54. The van der Waals surface area contributed by atoms with Gasteiger partial charge in [0.05, 0.1) is 29.6 Å². The molecule has 0 amide bonds. The van der Waals surface area contributed by atoms with Crippen LogP contribution in [0.1, 0.15) is 15.9 Å². The first-order valence-electron chi connectivity index (χ1n) is 9.79. The van der Waals surface area contributed by atoms with Crippen LogP contribution in [-0.4, -0.2) is 24.3 Å². The molecule has 1 heterocycles. The van der Waals surface area contributed by atoms with Crippen LogP contribution in [0.2, 0.25) is 15.1 Å². The van der Waals surface area contributed by atoms with Gasteiger partial charge in [-0.1, -0.05) is 40.9 Å². The minimum Gasteiger partial charge on any atom is -0.493 e. The number of methoxy groups -OCH3 is 1. The van der Waals surface area contributed by atoms with Crippen molar-refractivity contribution >= 4 is 63.5 Å². The van der Waals surface area contributed by atoms with Crippen LogP contribution >= 0.6 is 46.1 Å². The molecule has 1 N–H and O–H groups in total. The summed E-state index contributed by atoms with van der Waals surface area (Å²) in [5.74, 6) is 0.125. The molecule has 0 saturated heterocycles. The van der Waals surface area contributed by atoms with Crippen molar-refractivity contribution in [2.75, 3.05) is 12.5 Å². The van der Waals surface area contributed by atoms with E-state index in [-0.39, 0.29) is 5.75 Å². The van der Waals surface area contributed by atoms with E-state index in [1.807, 2.05) is 11.4 Å². The second-order valence-electron chi connectivity index (χ2n) is 6.84. The number of benzene rings is 3. The predicted molar refractivity (Wildman–Crippen MR) is 138 cm³/mol. The van der Waals surface area contributed by atoms with Crippen LogP contribution in [0.4, 0.5) is 5.13 Å². The molecule has 0 atom stereocenters. The fourth-order valence-corrected chi connectivity index (χ4v) is 4.29. The Morgan fingerprint density at radius 3 is 2.62 bits per heavy atom. The lowest BCUT2D eigenvalue weighted by molar-refractivity contribution is 0.0729. The zero-order chi connectivity index (χ0) is 24.1. The lowest BCUT2D eigenvalue weighted by Crippen LogP contribution is -2.09. The Balaban J connectivity index is 1.43. The zero-order valence-corrected chi connectivity index (χ0v) is 20.7. The van der Waals surface area contributed by atoms with Crippen LogP contribution in [0.25, 0.3) is 11.3 Å². The van der Waals surface area contributed by atoms with Gasteiger partial charge in [0, 0.05) is 21.0 Å². The van der Waals surface area contributed by atoms with E-state index in [1.54, 1.807) is 54.7 Å². The van der Waals surface area contributed by atoms with E-state index in [2.05, 4.69) is 15.5 Å². The van der Waals surface area contributed by atoms with Gasteiger partial charge in [0.1, 0.15) is 0 Å². The average molecular weight is 533 g/mol. The molecule has 6 nitrogen and oxygen atoms in total. The normalized spacial score (nSPS) is 10.9. The number of aromatic nitrogens is 1. The molecule has 172 valence electrons. The fourth-order valence-electron chi connectivity index (χ4n) is 2.93. The number of rotatable bonds is 7. The topological polar surface area (TPSA) is 72.8 Å². The highest BCUT2D eigenvalue weighted by molar-refractivity contribution is 7.14. The predicted octanol–water partition coefficient (Wildman–Crippen LogP) is 7.44. The SMILES string of the molecule is COc1cc(/C=N/Nc2nc(-c3ccc(Cl)cc3Cl)cs2)ccc1OC(=O)c1cccc(Cl)c1. The smallest absolute Gasteiger partial charge is 0.343 e. The summed E-state index contributed by atoms with van der Waals surface area (Å²) in [7, 11) is 1.49. The molecule has 0 aliphatic rings. The molecule has 0 radical (unpaired) electrons. The molecular weight excluding hydrogens is 517 g/mol. The molecular formula is C24H16Cl3N3O3S. The van der Waals surface area contributed by atoms with Crippen LogP contribution in [0.15, 0.2) is 71.1 Å². The monoisotopic (exact) mass is 531 g/mol. The van der Waals surface area contributed by atoms with Gasteiger partial charge in [0.25, 0.3) is 0 Å². The van der Waals surface area contributed by atoms with Gasteiger partial charge >= 0.3 is 5.97 Å². The summed E-state index contributed by atoms with van der Waals surface area (Å²) in [4.78, 5) is 16.9. The van der Waals surface area contributed by atoms with Gasteiger partial charge in [-0.2, -0.15) is 5.10 Å². The lowest BCUT2D eigenvalue weighted by Gasteiger charge is -2.10. The number of nitrogens with one attached hydrogen (secondary N) is 1. The number of hydrogen-bond acceptors (Lipinski definition) is 7. The first-order valence-corrected chi connectivity index (χ1v) is 11.8. The number of anilines is 1. The van der Waals surface area contributed by atoms with E-state index >= 15 is 0 Å². The van der Waals surface area contributed by atoms with Crippen LogP contribution < -0.4 is 14.9 Å². The van der Waals surface area contributed by atoms with Gasteiger partial charge in [0.2, 0.25) is 5.13 Å². The van der Waals surface area contributed by atoms with E-state index in [1.165, 1.54) is 24.5 Å². The fraction of sp³-hybridized carbons (Fsp3) is 0.0417. The zero-order valence-electron chi connectivity index (χ0n) is 17.6. The molecule has 0 saturated carbocycles. The molecule has 0 aliphatic heterocycles. The number of ether oxygens (including phenoxy) is 2. The number of hydrogen-bond donors (Lipinski definition) is 1. The maximum absolute atomic E-state index is 12.4. The summed E-state index contributed by atoms with van der Waals surface area (Å²) in [6, 6.07) is 16.8. The average Bonchev–Trinajstić information content (AvgIpc) is 3.28. The number of esters is 1. The highest BCUT2D eigenvalue weighted by Gasteiger charge is 2.13. The van der Waals surface area contributed by atoms with Crippen molar-refractivity contribution in [3.05, 3.63) is 92.2 Å². The maximum atomic E-state index is 12.4. The third kappa shape index (κ3) is 5.87. The number of halogens is 3. The van der Waals surface area contributed by atoms with Crippen molar-refractivity contribution in [1.29, 1.82) is 0 Å². The van der Waals surface area contributed by atoms with Gasteiger partial charge < -0.3 is 9.47 Å². The quantitative estimate of drug-likeness (QED) is 0.116. The molecule has 4 aromatic rings. The Hall–Kier alpha value is -3.10. The second kappa shape index (κ2) is 10.9. The third-order valence-corrected chi connectivity index (χ3v) is 6.07. The van der Waals surface area contributed by atoms with Gasteiger partial charge in [-0.25, -0.2) is 9.78 Å². The Morgan fingerprint density at radius 2 is 1.85 bits per heavy atom. The van der Waals surface area contributed by atoms with Gasteiger partial charge in [-0.15, -0.1) is 11.3 Å². The molecule has 0 fully saturated rings. The van der Waals surface area contributed by atoms with E-state index < -0.39 is 5.97 Å². The van der Waals surface area contributed by atoms with Crippen LogP contribution in [0.5, 0.6) is 11.5 Å². The Labute approximate surface area is 214 Å². The maximum Gasteiger partial charge on any atom is 0.343 e. The summed E-state index contributed by atoms with van der Waals surface area (Å²) in [6.45, 7) is 0. The van der Waals surface area contributed by atoms with Crippen molar-refractivity contribution in [2.24, 2.45) is 5.10 Å². The Morgan fingerprint density at radius 1 is 1.03 bits per heavy atom. The van der Waals surface area contributed by atoms with E-state index in [0.717, 1.165) is 16.8 Å². The highest BCUT2D eigenvalue weighted by atomic mass is 35.5. The summed E-state index contributed by atoms with van der Waals surface area (Å²) in [6.07, 6.45) is 1.60. The number of thiazole rings is 1. The lowest BCUT2D eigenvalue weighted by atomic mass is 10.2. The second-order valence-corrected chi connectivity index (χ2v) is 8.98. The van der Waals surface area contributed by atoms with E-state index in [9.17, 15) is 4.79 Å². The van der Waals surface area contributed by atoms with Crippen LogP contribution in [0.3, 0.4) is 0 Å². The minimum absolute atomic E-state index is 0.280. The molecule has 0 unspecified atom stereocenters. The molecule has 0 spiro atoms. The molecule has 3 aromatic carbocycles. The molecule has 0 bridgehead atoms. The van der Waals surface area contributed by atoms with Gasteiger partial charge in [-0.05, 0) is 60.2 Å². The van der Waals surface area contributed by atoms with Crippen molar-refractivity contribution in [3.63, 3.8) is 0 Å². The number of carbonyl (C=O) groups is 1. The summed E-state index contributed by atoms with van der Waals surface area (Å²) in [5, 5.41) is 8.22. The van der Waals surface area contributed by atoms with Crippen LogP contribution in [0, 0.1) is 0 Å². The van der Waals surface area contributed by atoms with Crippen molar-refractivity contribution in [2.45, 2.75) is 0 Å². The van der Waals surface area contributed by atoms with Gasteiger partial charge in [0.15, 0.2) is 11.5 Å². The minimum atomic E-state index is -0.538. The van der Waals surface area contributed by atoms with Gasteiger partial charge in [-0.3, -0.25) is 5.43 Å².